The Morgan fingerprint density at radius 1 is 1.18 bits per heavy atom. The third kappa shape index (κ3) is 6.10. The Morgan fingerprint density at radius 3 is 2.64 bits per heavy atom. The van der Waals surface area contributed by atoms with E-state index in [4.69, 9.17) is 14.2 Å². The number of likely N-dealkylation sites (tertiary alicyclic amines) is 1. The molecule has 0 aromatic heterocycles. The normalized spacial score (nSPS) is 21.8. The highest BCUT2D eigenvalue weighted by molar-refractivity contribution is 5.92. The highest BCUT2D eigenvalue weighted by Crippen LogP contribution is 2.47. The summed E-state index contributed by atoms with van der Waals surface area (Å²) < 4.78 is 17.6. The molecule has 1 aromatic carbocycles. The zero-order valence-corrected chi connectivity index (χ0v) is 20.3. The lowest BCUT2D eigenvalue weighted by Gasteiger charge is -2.34. The number of rotatable bonds is 5. The van der Waals surface area contributed by atoms with Gasteiger partial charge in [0.1, 0.15) is 5.60 Å². The number of ether oxygens (including phenoxy) is 3. The van der Waals surface area contributed by atoms with Crippen molar-refractivity contribution in [2.24, 2.45) is 5.92 Å². The molecule has 0 unspecified atom stereocenters. The van der Waals surface area contributed by atoms with E-state index in [-0.39, 0.29) is 12.0 Å². The van der Waals surface area contributed by atoms with E-state index in [1.165, 1.54) is 0 Å². The summed E-state index contributed by atoms with van der Waals surface area (Å²) in [5.74, 6) is 1.23. The molecule has 2 amide bonds. The Labute approximate surface area is 196 Å². The van der Waals surface area contributed by atoms with E-state index < -0.39 is 11.4 Å². The molecule has 1 N–H and O–H groups in total. The molecule has 33 heavy (non-hydrogen) atoms. The Bertz CT molecular complexity index is 875. The molecule has 2 heterocycles. The van der Waals surface area contributed by atoms with Gasteiger partial charge < -0.3 is 24.4 Å². The van der Waals surface area contributed by atoms with Gasteiger partial charge in [-0.2, -0.15) is 0 Å². The van der Waals surface area contributed by atoms with Crippen LogP contribution in [-0.2, 0) is 9.53 Å². The molecule has 1 saturated carbocycles. The molecule has 2 aliphatic heterocycles. The molecule has 1 spiro atoms. The number of amides is 2. The Kier molecular flexibility index (Phi) is 6.75. The van der Waals surface area contributed by atoms with Gasteiger partial charge in [0.2, 0.25) is 5.91 Å². The monoisotopic (exact) mass is 459 g/mol. The van der Waals surface area contributed by atoms with Crippen LogP contribution in [0.3, 0.4) is 0 Å². The molecular weight excluding hydrogens is 422 g/mol. The molecule has 1 atom stereocenters. The smallest absolute Gasteiger partial charge is 0.410 e. The van der Waals surface area contributed by atoms with Crippen LogP contribution >= 0.6 is 0 Å². The number of piperidine rings is 1. The van der Waals surface area contributed by atoms with Crippen molar-refractivity contribution in [1.29, 1.82) is 0 Å². The van der Waals surface area contributed by atoms with E-state index in [9.17, 15) is 9.59 Å². The number of hydrogen-bond acceptors (Lipinski definition) is 6. The fourth-order valence-corrected chi connectivity index (χ4v) is 4.94. The predicted octanol–water partition coefficient (Wildman–Crippen LogP) is 4.25. The Balaban J connectivity index is 1.26. The highest BCUT2D eigenvalue weighted by Gasteiger charge is 2.44. The maximum Gasteiger partial charge on any atom is 0.410 e. The van der Waals surface area contributed by atoms with E-state index in [1.807, 2.05) is 39.0 Å². The van der Waals surface area contributed by atoms with E-state index in [0.717, 1.165) is 63.1 Å². The van der Waals surface area contributed by atoms with Crippen LogP contribution in [-0.4, -0.2) is 66.4 Å². The molecule has 2 fully saturated rings. The van der Waals surface area contributed by atoms with Crippen molar-refractivity contribution in [2.45, 2.75) is 70.7 Å². The molecule has 8 heteroatoms. The summed E-state index contributed by atoms with van der Waals surface area (Å²) in [7, 11) is 1.77. The van der Waals surface area contributed by atoms with Crippen LogP contribution in [0, 0.1) is 5.92 Å². The molecule has 0 radical (unpaired) electrons. The van der Waals surface area contributed by atoms with Gasteiger partial charge in [-0.1, -0.05) is 0 Å². The van der Waals surface area contributed by atoms with Crippen LogP contribution in [0.1, 0.15) is 59.3 Å². The minimum Gasteiger partial charge on any atom is -0.448 e. The van der Waals surface area contributed by atoms with Crippen LogP contribution in [0.15, 0.2) is 18.2 Å². The standard InChI is InChI=1S/C25H37N3O5/c1-24(2,3)33-23(30)27(4)15-18-8-7-13-28(16-18)17-22(29)26-19-9-10-20-21(14-19)32-25(31-20)11-5-6-12-25/h9-10,14,18H,5-8,11-13,15-17H2,1-4H3,(H,26,29)/t18-/m1/s1. The molecular formula is C25H37N3O5. The predicted molar refractivity (Wildman–Crippen MR) is 126 cm³/mol. The molecule has 182 valence electrons. The number of carbonyl (C=O) groups excluding carboxylic acids is 2. The first-order valence-electron chi connectivity index (χ1n) is 12.1. The number of nitrogens with one attached hydrogen (secondary N) is 1. The number of fused-ring (bicyclic) bond motifs is 1. The quantitative estimate of drug-likeness (QED) is 0.709. The van der Waals surface area contributed by atoms with Gasteiger partial charge >= 0.3 is 6.09 Å². The average Bonchev–Trinajstić information content (AvgIpc) is 3.32. The minimum absolute atomic E-state index is 0.0504. The second kappa shape index (κ2) is 9.41. The summed E-state index contributed by atoms with van der Waals surface area (Å²) in [6, 6.07) is 5.60. The zero-order valence-electron chi connectivity index (χ0n) is 20.3. The Hall–Kier alpha value is -2.48. The summed E-state index contributed by atoms with van der Waals surface area (Å²) in [5.41, 5.74) is 0.213. The molecule has 1 aliphatic carbocycles. The Morgan fingerprint density at radius 2 is 1.91 bits per heavy atom. The van der Waals surface area contributed by atoms with Gasteiger partial charge in [0.05, 0.1) is 6.54 Å². The zero-order chi connectivity index (χ0) is 23.6. The minimum atomic E-state index is -0.506. The second-order valence-electron chi connectivity index (χ2n) is 10.6. The highest BCUT2D eigenvalue weighted by atomic mass is 16.7. The van der Waals surface area contributed by atoms with Crippen molar-refractivity contribution in [1.82, 2.24) is 9.80 Å². The maximum absolute atomic E-state index is 12.7. The lowest BCUT2D eigenvalue weighted by molar-refractivity contribution is -0.117. The average molecular weight is 460 g/mol. The van der Waals surface area contributed by atoms with Crippen LogP contribution < -0.4 is 14.8 Å². The van der Waals surface area contributed by atoms with Gasteiger partial charge in [-0.15, -0.1) is 0 Å². The first kappa shape index (κ1) is 23.7. The van der Waals surface area contributed by atoms with E-state index in [2.05, 4.69) is 10.2 Å². The van der Waals surface area contributed by atoms with Crippen LogP contribution in [0.4, 0.5) is 10.5 Å². The second-order valence-corrected chi connectivity index (χ2v) is 10.6. The fourth-order valence-electron chi connectivity index (χ4n) is 4.94. The summed E-state index contributed by atoms with van der Waals surface area (Å²) in [6.45, 7) is 8.21. The van der Waals surface area contributed by atoms with Crippen LogP contribution in [0.5, 0.6) is 11.5 Å². The van der Waals surface area contributed by atoms with E-state index in [1.54, 1.807) is 11.9 Å². The van der Waals surface area contributed by atoms with Crippen molar-refractivity contribution in [3.63, 3.8) is 0 Å². The fraction of sp³-hybridized carbons (Fsp3) is 0.680. The molecule has 1 saturated heterocycles. The van der Waals surface area contributed by atoms with Crippen molar-refractivity contribution in [3.8, 4) is 11.5 Å². The molecule has 1 aromatic rings. The summed E-state index contributed by atoms with van der Waals surface area (Å²) in [5, 5.41) is 3.00. The van der Waals surface area contributed by atoms with Crippen molar-refractivity contribution in [2.75, 3.05) is 38.5 Å². The summed E-state index contributed by atoms with van der Waals surface area (Å²) in [4.78, 5) is 28.8. The third-order valence-electron chi connectivity index (χ3n) is 6.39. The van der Waals surface area contributed by atoms with E-state index in [0.29, 0.717) is 24.8 Å². The molecule has 8 nitrogen and oxygen atoms in total. The first-order chi connectivity index (χ1) is 15.6. The summed E-state index contributed by atoms with van der Waals surface area (Å²) in [6.07, 6.45) is 5.77. The number of nitrogens with zero attached hydrogens (tertiary/aromatic N) is 2. The lowest BCUT2D eigenvalue weighted by atomic mass is 9.97. The van der Waals surface area contributed by atoms with Crippen LogP contribution in [0.2, 0.25) is 0 Å². The summed E-state index contributed by atoms with van der Waals surface area (Å²) >= 11 is 0. The van der Waals surface area contributed by atoms with Gasteiger partial charge in [0, 0.05) is 44.7 Å². The molecule has 3 aliphatic rings. The van der Waals surface area contributed by atoms with Gasteiger partial charge in [0.15, 0.2) is 11.5 Å². The number of carbonyl (C=O) groups is 2. The van der Waals surface area contributed by atoms with Gasteiger partial charge in [0.25, 0.3) is 5.79 Å². The van der Waals surface area contributed by atoms with Gasteiger partial charge in [-0.05, 0) is 71.0 Å². The number of hydrogen-bond donors (Lipinski definition) is 1. The van der Waals surface area contributed by atoms with Crippen LogP contribution in [0.25, 0.3) is 0 Å². The number of benzene rings is 1. The topological polar surface area (TPSA) is 80.3 Å². The molecule has 4 rings (SSSR count). The van der Waals surface area contributed by atoms with Gasteiger partial charge in [-0.25, -0.2) is 4.79 Å². The molecule has 0 bridgehead atoms. The largest absolute Gasteiger partial charge is 0.448 e. The van der Waals surface area contributed by atoms with E-state index >= 15 is 0 Å². The maximum atomic E-state index is 12.7. The number of anilines is 1. The van der Waals surface area contributed by atoms with Crippen molar-refractivity contribution < 1.29 is 23.8 Å². The van der Waals surface area contributed by atoms with Gasteiger partial charge in [-0.3, -0.25) is 9.69 Å². The van der Waals surface area contributed by atoms with Crippen molar-refractivity contribution >= 4 is 17.7 Å². The SMILES string of the molecule is CN(C[C@H]1CCCN(CC(=O)Nc2ccc3c(c2)OC2(CCCC2)O3)C1)C(=O)OC(C)(C)C. The third-order valence-corrected chi connectivity index (χ3v) is 6.39. The lowest BCUT2D eigenvalue weighted by Crippen LogP contribution is -2.45. The first-order valence-corrected chi connectivity index (χ1v) is 12.1. The van der Waals surface area contributed by atoms with Crippen molar-refractivity contribution in [3.05, 3.63) is 18.2 Å².